The average Bonchev–Trinajstić information content (AvgIpc) is 2.23. The van der Waals surface area contributed by atoms with Gasteiger partial charge in [0.2, 0.25) is 0 Å². The molecule has 118 valence electrons. The van der Waals surface area contributed by atoms with E-state index in [9.17, 15) is 22.8 Å². The highest BCUT2D eigenvalue weighted by atomic mass is 19.4. The molecule has 0 aromatic rings. The van der Waals surface area contributed by atoms with Gasteiger partial charge in [-0.25, -0.2) is 4.79 Å². The minimum Gasteiger partial charge on any atom is -0.469 e. The van der Waals surface area contributed by atoms with Crippen molar-refractivity contribution in [2.45, 2.75) is 45.4 Å². The van der Waals surface area contributed by atoms with Crippen LogP contribution >= 0.6 is 0 Å². The molecule has 0 rings (SSSR count). The minimum absolute atomic E-state index is 0.240. The van der Waals surface area contributed by atoms with Crippen LogP contribution in [0.3, 0.4) is 0 Å². The van der Waals surface area contributed by atoms with E-state index in [1.165, 1.54) is 0 Å². The van der Waals surface area contributed by atoms with Crippen LogP contribution in [0.15, 0.2) is 0 Å². The highest BCUT2D eigenvalue weighted by Gasteiger charge is 2.40. The van der Waals surface area contributed by atoms with Crippen LogP contribution in [0, 0.1) is 5.92 Å². The zero-order valence-electron chi connectivity index (χ0n) is 12.0. The smallest absolute Gasteiger partial charge is 0.407 e. The van der Waals surface area contributed by atoms with Crippen molar-refractivity contribution in [1.82, 2.24) is 5.32 Å². The molecule has 1 N–H and O–H groups in total. The SMILES string of the molecule is COC(=O)CC(CCNC(=O)OC(C)(C)C)C(F)(F)F. The number of alkyl carbamates (subject to hydrolysis) is 1. The first kappa shape index (κ1) is 18.5. The molecule has 8 heteroatoms. The number of carbonyl (C=O) groups excluding carboxylic acids is 2. The van der Waals surface area contributed by atoms with Gasteiger partial charge in [0.1, 0.15) is 5.60 Å². The van der Waals surface area contributed by atoms with Crippen LogP contribution in [0.1, 0.15) is 33.6 Å². The van der Waals surface area contributed by atoms with Crippen LogP contribution in [0.2, 0.25) is 0 Å². The summed E-state index contributed by atoms with van der Waals surface area (Å²) in [6.07, 6.45) is -6.51. The molecular weight excluding hydrogens is 279 g/mol. The van der Waals surface area contributed by atoms with E-state index < -0.39 is 42.6 Å². The molecule has 0 saturated carbocycles. The molecule has 0 aliphatic carbocycles. The van der Waals surface area contributed by atoms with Gasteiger partial charge >= 0.3 is 18.2 Å². The lowest BCUT2D eigenvalue weighted by atomic mass is 10.0. The van der Waals surface area contributed by atoms with E-state index >= 15 is 0 Å². The Morgan fingerprint density at radius 3 is 2.15 bits per heavy atom. The van der Waals surface area contributed by atoms with Gasteiger partial charge in [0.05, 0.1) is 19.4 Å². The van der Waals surface area contributed by atoms with E-state index in [-0.39, 0.29) is 6.54 Å². The number of hydrogen-bond acceptors (Lipinski definition) is 4. The first-order chi connectivity index (χ1) is 8.95. The van der Waals surface area contributed by atoms with Gasteiger partial charge in [-0.3, -0.25) is 4.79 Å². The largest absolute Gasteiger partial charge is 0.469 e. The molecule has 0 aliphatic heterocycles. The van der Waals surface area contributed by atoms with Crippen LogP contribution in [-0.2, 0) is 14.3 Å². The van der Waals surface area contributed by atoms with Gasteiger partial charge in [-0.2, -0.15) is 13.2 Å². The summed E-state index contributed by atoms with van der Waals surface area (Å²) < 4.78 is 47.1. The Labute approximate surface area is 115 Å². The Hall–Kier alpha value is -1.47. The predicted molar refractivity (Wildman–Crippen MR) is 65.0 cm³/mol. The molecule has 0 saturated heterocycles. The van der Waals surface area contributed by atoms with Crippen molar-refractivity contribution in [1.29, 1.82) is 0 Å². The molecular formula is C12H20F3NO4. The van der Waals surface area contributed by atoms with Crippen LogP contribution in [0.4, 0.5) is 18.0 Å². The second-order valence-electron chi connectivity index (χ2n) is 5.24. The van der Waals surface area contributed by atoms with Crippen molar-refractivity contribution in [3.63, 3.8) is 0 Å². The van der Waals surface area contributed by atoms with E-state index in [0.29, 0.717) is 0 Å². The molecule has 0 aromatic heterocycles. The number of nitrogens with one attached hydrogen (secondary N) is 1. The Balaban J connectivity index is 4.28. The number of rotatable bonds is 5. The zero-order valence-corrected chi connectivity index (χ0v) is 12.0. The average molecular weight is 299 g/mol. The molecule has 1 amide bonds. The second-order valence-corrected chi connectivity index (χ2v) is 5.24. The normalized spacial score (nSPS) is 13.6. The quantitative estimate of drug-likeness (QED) is 0.793. The summed E-state index contributed by atoms with van der Waals surface area (Å²) in [4.78, 5) is 22.2. The van der Waals surface area contributed by atoms with Crippen LogP contribution in [0.25, 0.3) is 0 Å². The fourth-order valence-corrected chi connectivity index (χ4v) is 1.33. The molecule has 0 aliphatic rings. The maximum atomic E-state index is 12.7. The number of ether oxygens (including phenoxy) is 2. The Morgan fingerprint density at radius 1 is 1.20 bits per heavy atom. The summed E-state index contributed by atoms with van der Waals surface area (Å²) in [5, 5.41) is 2.22. The summed E-state index contributed by atoms with van der Waals surface area (Å²) in [6.45, 7) is 4.68. The summed E-state index contributed by atoms with van der Waals surface area (Å²) in [6, 6.07) is 0. The molecule has 0 bridgehead atoms. The van der Waals surface area contributed by atoms with Crippen LogP contribution in [0.5, 0.6) is 0 Å². The molecule has 5 nitrogen and oxygen atoms in total. The molecule has 1 atom stereocenters. The third-order valence-electron chi connectivity index (χ3n) is 2.26. The van der Waals surface area contributed by atoms with Crippen LogP contribution < -0.4 is 5.32 Å². The van der Waals surface area contributed by atoms with Gasteiger partial charge in [0.15, 0.2) is 0 Å². The summed E-state index contributed by atoms with van der Waals surface area (Å²) >= 11 is 0. The highest BCUT2D eigenvalue weighted by molar-refractivity contribution is 5.69. The van der Waals surface area contributed by atoms with Gasteiger partial charge < -0.3 is 14.8 Å². The lowest BCUT2D eigenvalue weighted by Crippen LogP contribution is -2.35. The summed E-state index contributed by atoms with van der Waals surface area (Å²) in [7, 11) is 1.02. The third kappa shape index (κ3) is 8.60. The zero-order chi connectivity index (χ0) is 16.0. The Morgan fingerprint density at radius 2 is 1.75 bits per heavy atom. The predicted octanol–water partition coefficient (Wildman–Crippen LogP) is 2.64. The number of methoxy groups -OCH3 is 1. The number of carbonyl (C=O) groups is 2. The van der Waals surface area contributed by atoms with Crippen LogP contribution in [-0.4, -0.2) is 37.5 Å². The standard InChI is InChI=1S/C12H20F3NO4/c1-11(2,3)20-10(18)16-6-5-8(12(13,14)15)7-9(17)19-4/h8H,5-7H2,1-4H3,(H,16,18). The molecule has 20 heavy (non-hydrogen) atoms. The molecule has 0 spiro atoms. The monoisotopic (exact) mass is 299 g/mol. The Bertz CT molecular complexity index is 337. The number of halogens is 3. The van der Waals surface area contributed by atoms with Crippen molar-refractivity contribution in [3.8, 4) is 0 Å². The lowest BCUT2D eigenvalue weighted by molar-refractivity contribution is -0.185. The molecule has 0 fully saturated rings. The minimum atomic E-state index is -4.52. The van der Waals surface area contributed by atoms with Gasteiger partial charge in [-0.05, 0) is 27.2 Å². The van der Waals surface area contributed by atoms with Gasteiger partial charge in [0, 0.05) is 6.54 Å². The van der Waals surface area contributed by atoms with E-state index in [4.69, 9.17) is 4.74 Å². The van der Waals surface area contributed by atoms with Crippen molar-refractivity contribution in [2.24, 2.45) is 5.92 Å². The summed E-state index contributed by atoms with van der Waals surface area (Å²) in [5.41, 5.74) is -0.723. The van der Waals surface area contributed by atoms with E-state index in [1.807, 2.05) is 0 Å². The van der Waals surface area contributed by atoms with E-state index in [2.05, 4.69) is 10.1 Å². The number of esters is 1. The lowest BCUT2D eigenvalue weighted by Gasteiger charge is -2.21. The van der Waals surface area contributed by atoms with E-state index in [1.54, 1.807) is 20.8 Å². The van der Waals surface area contributed by atoms with Gasteiger partial charge in [-0.1, -0.05) is 0 Å². The van der Waals surface area contributed by atoms with Crippen molar-refractivity contribution in [2.75, 3.05) is 13.7 Å². The number of amides is 1. The highest BCUT2D eigenvalue weighted by Crippen LogP contribution is 2.31. The van der Waals surface area contributed by atoms with Crippen molar-refractivity contribution < 1.29 is 32.2 Å². The van der Waals surface area contributed by atoms with E-state index in [0.717, 1.165) is 7.11 Å². The molecule has 0 radical (unpaired) electrons. The number of hydrogen-bond donors (Lipinski definition) is 1. The first-order valence-corrected chi connectivity index (χ1v) is 6.06. The summed E-state index contributed by atoms with van der Waals surface area (Å²) in [5.74, 6) is -2.80. The maximum Gasteiger partial charge on any atom is 0.407 e. The maximum absolute atomic E-state index is 12.7. The van der Waals surface area contributed by atoms with Crippen molar-refractivity contribution in [3.05, 3.63) is 0 Å². The second kappa shape index (κ2) is 7.35. The molecule has 0 heterocycles. The van der Waals surface area contributed by atoms with Gasteiger partial charge in [-0.15, -0.1) is 0 Å². The Kier molecular flexibility index (Phi) is 6.81. The fraction of sp³-hybridized carbons (Fsp3) is 0.833. The third-order valence-corrected chi connectivity index (χ3v) is 2.26. The molecule has 0 aromatic carbocycles. The van der Waals surface area contributed by atoms with Gasteiger partial charge in [0.25, 0.3) is 0 Å². The fourth-order valence-electron chi connectivity index (χ4n) is 1.33. The topological polar surface area (TPSA) is 64.6 Å². The number of alkyl halides is 3. The van der Waals surface area contributed by atoms with Crippen molar-refractivity contribution >= 4 is 12.1 Å². The molecule has 1 unspecified atom stereocenters. The first-order valence-electron chi connectivity index (χ1n) is 6.06.